The summed E-state index contributed by atoms with van der Waals surface area (Å²) in [6, 6.07) is 4.04. The van der Waals surface area contributed by atoms with E-state index in [0.717, 1.165) is 18.4 Å². The molecule has 1 atom stereocenters. The predicted octanol–water partition coefficient (Wildman–Crippen LogP) is 1.97. The van der Waals surface area contributed by atoms with E-state index in [9.17, 15) is 4.79 Å². The average molecular weight is 209 g/mol. The third-order valence-corrected chi connectivity index (χ3v) is 2.93. The maximum Gasteiger partial charge on any atom is 0.120 e. The van der Waals surface area contributed by atoms with Gasteiger partial charge in [0.2, 0.25) is 0 Å². The number of hydrogen-bond acceptors (Lipinski definition) is 4. The number of thiophene rings is 1. The van der Waals surface area contributed by atoms with Crippen LogP contribution >= 0.6 is 11.3 Å². The van der Waals surface area contributed by atoms with Crippen molar-refractivity contribution in [2.24, 2.45) is 0 Å². The van der Waals surface area contributed by atoms with Crippen molar-refractivity contribution in [2.75, 3.05) is 0 Å². The van der Waals surface area contributed by atoms with Gasteiger partial charge in [0, 0.05) is 6.42 Å². The zero-order valence-corrected chi connectivity index (χ0v) is 8.42. The molecule has 0 saturated heterocycles. The first-order valence-corrected chi connectivity index (χ1v) is 5.39. The van der Waals surface area contributed by atoms with Gasteiger partial charge in [0.15, 0.2) is 0 Å². The molecule has 74 valence electrons. The van der Waals surface area contributed by atoms with Crippen molar-refractivity contribution in [3.8, 4) is 0 Å². The zero-order chi connectivity index (χ0) is 9.80. The van der Waals surface area contributed by atoms with E-state index in [1.54, 1.807) is 11.3 Å². The Kier molecular flexibility index (Phi) is 2.96. The van der Waals surface area contributed by atoms with Gasteiger partial charge in [-0.3, -0.25) is 10.3 Å². The second-order valence-corrected chi connectivity index (χ2v) is 4.01. The van der Waals surface area contributed by atoms with Crippen molar-refractivity contribution in [3.05, 3.63) is 28.5 Å². The lowest BCUT2D eigenvalue weighted by atomic mass is 10.2. The lowest BCUT2D eigenvalue weighted by Gasteiger charge is -2.03. The Morgan fingerprint density at radius 2 is 2.57 bits per heavy atom. The highest BCUT2D eigenvalue weighted by Crippen LogP contribution is 2.23. The molecule has 0 fully saturated rings. The Morgan fingerprint density at radius 3 is 3.29 bits per heavy atom. The SMILES string of the molecule is O=CCCC1C=C(c2cccs2)NO1. The van der Waals surface area contributed by atoms with Crippen LogP contribution in [0.25, 0.3) is 5.70 Å². The van der Waals surface area contributed by atoms with Gasteiger partial charge in [-0.1, -0.05) is 6.07 Å². The molecule has 0 bridgehead atoms. The Bertz CT molecular complexity index is 332. The number of hydroxylamine groups is 1. The second-order valence-electron chi connectivity index (χ2n) is 3.06. The fourth-order valence-electron chi connectivity index (χ4n) is 1.33. The van der Waals surface area contributed by atoms with E-state index in [2.05, 4.69) is 5.48 Å². The summed E-state index contributed by atoms with van der Waals surface area (Å²) in [5.74, 6) is 0. The molecule has 1 aliphatic heterocycles. The molecule has 2 rings (SSSR count). The van der Waals surface area contributed by atoms with E-state index in [1.165, 1.54) is 4.88 Å². The Hall–Kier alpha value is -1.13. The fourth-order valence-corrected chi connectivity index (χ4v) is 2.03. The number of rotatable bonds is 4. The van der Waals surface area contributed by atoms with Crippen molar-refractivity contribution in [3.63, 3.8) is 0 Å². The minimum atomic E-state index is 0.0253. The molecular weight excluding hydrogens is 198 g/mol. The second kappa shape index (κ2) is 4.39. The van der Waals surface area contributed by atoms with Crippen LogP contribution in [0.1, 0.15) is 17.7 Å². The minimum Gasteiger partial charge on any atom is -0.303 e. The number of hydrogen-bond donors (Lipinski definition) is 1. The highest BCUT2D eigenvalue weighted by Gasteiger charge is 2.17. The van der Waals surface area contributed by atoms with Crippen LogP contribution in [0, 0.1) is 0 Å². The molecule has 1 aromatic heterocycles. The summed E-state index contributed by atoms with van der Waals surface area (Å²) in [6.07, 6.45) is 4.25. The van der Waals surface area contributed by atoms with Crippen LogP contribution in [-0.4, -0.2) is 12.4 Å². The van der Waals surface area contributed by atoms with E-state index in [4.69, 9.17) is 4.84 Å². The highest BCUT2D eigenvalue weighted by atomic mass is 32.1. The van der Waals surface area contributed by atoms with Gasteiger partial charge in [-0.15, -0.1) is 11.3 Å². The topological polar surface area (TPSA) is 38.3 Å². The van der Waals surface area contributed by atoms with Gasteiger partial charge >= 0.3 is 0 Å². The molecule has 1 aliphatic rings. The number of nitrogens with one attached hydrogen (secondary N) is 1. The molecule has 0 saturated carbocycles. The molecule has 14 heavy (non-hydrogen) atoms. The molecule has 0 amide bonds. The quantitative estimate of drug-likeness (QED) is 0.770. The van der Waals surface area contributed by atoms with Gasteiger partial charge in [-0.25, -0.2) is 0 Å². The largest absolute Gasteiger partial charge is 0.303 e. The van der Waals surface area contributed by atoms with Gasteiger partial charge in [-0.05, 0) is 23.9 Å². The van der Waals surface area contributed by atoms with Crippen molar-refractivity contribution in [1.29, 1.82) is 0 Å². The predicted molar refractivity (Wildman–Crippen MR) is 55.6 cm³/mol. The van der Waals surface area contributed by atoms with E-state index < -0.39 is 0 Å². The molecule has 0 aromatic carbocycles. The van der Waals surface area contributed by atoms with Crippen LogP contribution in [0.15, 0.2) is 23.6 Å². The van der Waals surface area contributed by atoms with Gasteiger partial charge in [-0.2, -0.15) is 0 Å². The molecule has 1 N–H and O–H groups in total. The lowest BCUT2D eigenvalue weighted by Crippen LogP contribution is -2.11. The van der Waals surface area contributed by atoms with E-state index in [1.807, 2.05) is 23.6 Å². The van der Waals surface area contributed by atoms with Gasteiger partial charge in [0.25, 0.3) is 0 Å². The normalized spacial score (nSPS) is 20.3. The van der Waals surface area contributed by atoms with E-state index in [0.29, 0.717) is 6.42 Å². The fraction of sp³-hybridized carbons (Fsp3) is 0.300. The molecular formula is C10H11NO2S. The zero-order valence-electron chi connectivity index (χ0n) is 7.60. The van der Waals surface area contributed by atoms with E-state index >= 15 is 0 Å². The molecule has 0 radical (unpaired) electrons. The Balaban J connectivity index is 1.99. The maximum absolute atomic E-state index is 10.2. The van der Waals surface area contributed by atoms with Crippen molar-refractivity contribution >= 4 is 23.3 Å². The first-order valence-electron chi connectivity index (χ1n) is 4.51. The monoisotopic (exact) mass is 209 g/mol. The third-order valence-electron chi connectivity index (χ3n) is 2.03. The first-order chi connectivity index (χ1) is 6.90. The van der Waals surface area contributed by atoms with Gasteiger partial charge in [0.05, 0.1) is 10.6 Å². The number of aldehydes is 1. The van der Waals surface area contributed by atoms with Crippen LogP contribution in [0.4, 0.5) is 0 Å². The lowest BCUT2D eigenvalue weighted by molar-refractivity contribution is -0.108. The van der Waals surface area contributed by atoms with Crippen molar-refractivity contribution in [2.45, 2.75) is 18.9 Å². The summed E-state index contributed by atoms with van der Waals surface area (Å²) in [5, 5.41) is 2.02. The van der Waals surface area contributed by atoms with Crippen LogP contribution in [0.2, 0.25) is 0 Å². The molecule has 1 unspecified atom stereocenters. The van der Waals surface area contributed by atoms with Crippen LogP contribution in [0.5, 0.6) is 0 Å². The van der Waals surface area contributed by atoms with Crippen LogP contribution in [-0.2, 0) is 9.63 Å². The van der Waals surface area contributed by atoms with Crippen LogP contribution in [0.3, 0.4) is 0 Å². The summed E-state index contributed by atoms with van der Waals surface area (Å²) in [5.41, 5.74) is 3.88. The maximum atomic E-state index is 10.2. The molecule has 0 spiro atoms. The summed E-state index contributed by atoms with van der Waals surface area (Å²) in [7, 11) is 0. The number of carbonyl (C=O) groups is 1. The van der Waals surface area contributed by atoms with Gasteiger partial charge in [0.1, 0.15) is 12.4 Å². The summed E-state index contributed by atoms with van der Waals surface area (Å²) in [6.45, 7) is 0. The molecule has 4 heteroatoms. The molecule has 2 heterocycles. The smallest absolute Gasteiger partial charge is 0.120 e. The molecule has 0 aliphatic carbocycles. The first kappa shape index (κ1) is 9.43. The standard InChI is InChI=1S/C10H11NO2S/c12-5-1-3-8-7-9(11-13-8)10-4-2-6-14-10/h2,4-8,11H,1,3H2. The Morgan fingerprint density at radius 1 is 1.64 bits per heavy atom. The number of carbonyl (C=O) groups excluding carboxylic acids is 1. The third kappa shape index (κ3) is 2.02. The summed E-state index contributed by atoms with van der Waals surface area (Å²) < 4.78 is 0. The minimum absolute atomic E-state index is 0.0253. The highest BCUT2D eigenvalue weighted by molar-refractivity contribution is 7.11. The van der Waals surface area contributed by atoms with Crippen molar-refractivity contribution in [1.82, 2.24) is 5.48 Å². The van der Waals surface area contributed by atoms with Gasteiger partial charge < -0.3 is 4.79 Å². The van der Waals surface area contributed by atoms with Crippen LogP contribution < -0.4 is 5.48 Å². The summed E-state index contributed by atoms with van der Waals surface area (Å²) >= 11 is 1.67. The average Bonchev–Trinajstić information content (AvgIpc) is 2.85. The molecule has 1 aromatic rings. The summed E-state index contributed by atoms with van der Waals surface area (Å²) in [4.78, 5) is 16.6. The Labute approximate surface area is 86.3 Å². The van der Waals surface area contributed by atoms with Crippen molar-refractivity contribution < 1.29 is 9.63 Å². The molecule has 3 nitrogen and oxygen atoms in total. The van der Waals surface area contributed by atoms with E-state index in [-0.39, 0.29) is 6.10 Å².